The van der Waals surface area contributed by atoms with Crippen molar-refractivity contribution in [2.45, 2.75) is 155 Å². The predicted molar refractivity (Wildman–Crippen MR) is 471 cm³/mol. The van der Waals surface area contributed by atoms with E-state index in [9.17, 15) is 87.2 Å². The van der Waals surface area contributed by atoms with E-state index in [4.69, 9.17) is 85.3 Å². The van der Waals surface area contributed by atoms with E-state index in [0.29, 0.717) is 152 Å². The molecule has 9 N–H and O–H groups in total. The number of Topliss-reactive ketones (excluding diaryl/α,β-unsaturated/α-hetero) is 3. The molecule has 3 rings (SSSR count). The smallest absolute Gasteiger partial charge is 0.315 e. The van der Waals surface area contributed by atoms with Crippen LogP contribution in [0.1, 0.15) is 169 Å². The van der Waals surface area contributed by atoms with Gasteiger partial charge in [-0.1, -0.05) is 0 Å². The Labute approximate surface area is 770 Å². The van der Waals surface area contributed by atoms with Gasteiger partial charge in [0.1, 0.15) is 112 Å². The Hall–Kier alpha value is -10.8. The van der Waals surface area contributed by atoms with Crippen LogP contribution in [0.2, 0.25) is 0 Å². The number of benzene rings is 3. The van der Waals surface area contributed by atoms with Gasteiger partial charge in [0, 0.05) is 196 Å². The maximum atomic E-state index is 12.0. The highest BCUT2D eigenvalue weighted by Crippen LogP contribution is 2.21. The van der Waals surface area contributed by atoms with Gasteiger partial charge in [0.05, 0.1) is 19.8 Å². The van der Waals surface area contributed by atoms with Crippen LogP contribution >= 0.6 is 0 Å². The van der Waals surface area contributed by atoms with Crippen LogP contribution in [0.4, 0.5) is 0 Å². The fraction of sp³-hybridized carbons (Fsp3) is 0.633. The number of hydrogen-bond donors (Lipinski definition) is 9. The van der Waals surface area contributed by atoms with Crippen molar-refractivity contribution in [1.82, 2.24) is 31.9 Å². The van der Waals surface area contributed by atoms with E-state index >= 15 is 0 Å². The second-order valence-electron chi connectivity index (χ2n) is 30.1. The number of ether oxygens (including phenoxy) is 18. The average molecular weight is 1880 g/mol. The summed E-state index contributed by atoms with van der Waals surface area (Å²) in [5, 5.41) is 44.2. The summed E-state index contributed by atoms with van der Waals surface area (Å²) in [5.41, 5.74) is -3.49. The van der Waals surface area contributed by atoms with Gasteiger partial charge in [-0.05, 0) is 153 Å². The molecule has 0 aliphatic heterocycles. The first kappa shape index (κ1) is 119. The molecule has 0 bridgehead atoms. The predicted octanol–water partition coefficient (Wildman–Crippen LogP) is 2.90. The summed E-state index contributed by atoms with van der Waals surface area (Å²) in [6, 6.07) is 18.4. The SMILES string of the molecule is CC(C)(O)C(=O)c1ccc(OCCOC(=O)CC(=O)NCCNC(=O)CC(=O)OCCOc2ccc(C(=O)C(C)(C)O)cc2)cc1.COCCCOCCCOCCCOC(=O)CC(=O)NCCNC(=O)CC(=O)OCCCOCCCOCCCOC.COCCCOCCCOCCCOC(=O)CC(=O)NCCNC(=O)CC(=O)OCCOc1ccc(C(=O)C(C)(C)O)cc1. The summed E-state index contributed by atoms with van der Waals surface area (Å²) in [4.78, 5) is 178. The zero-order chi connectivity index (χ0) is 97.9. The second kappa shape index (κ2) is 74.7. The number of ketones is 3. The number of nitrogens with one attached hydrogen (secondary N) is 6. The molecule has 0 aliphatic carbocycles. The summed E-state index contributed by atoms with van der Waals surface area (Å²) in [6.07, 6.45) is 3.56. The van der Waals surface area contributed by atoms with Gasteiger partial charge in [-0.25, -0.2) is 0 Å². The van der Waals surface area contributed by atoms with Crippen molar-refractivity contribution in [3.63, 3.8) is 0 Å². The Morgan fingerprint density at radius 3 is 0.553 bits per heavy atom. The number of amides is 6. The molecule has 744 valence electrons. The van der Waals surface area contributed by atoms with E-state index < -0.39 is 144 Å². The van der Waals surface area contributed by atoms with E-state index in [2.05, 4.69) is 31.9 Å². The van der Waals surface area contributed by atoms with E-state index in [1.54, 1.807) is 57.7 Å². The molecule has 0 fully saturated rings. The number of esters is 6. The van der Waals surface area contributed by atoms with Crippen LogP contribution in [-0.4, -0.2) is 340 Å². The van der Waals surface area contributed by atoms with Crippen LogP contribution in [0.5, 0.6) is 17.2 Å². The highest BCUT2D eigenvalue weighted by atomic mass is 16.6. The third-order valence-corrected chi connectivity index (χ3v) is 16.7. The molecular formula is C90H138N6O36. The van der Waals surface area contributed by atoms with Gasteiger partial charge in [-0.15, -0.1) is 0 Å². The van der Waals surface area contributed by atoms with Crippen LogP contribution in [0.25, 0.3) is 0 Å². The van der Waals surface area contributed by atoms with E-state index in [1.807, 2.05) is 0 Å². The molecule has 0 heterocycles. The fourth-order valence-corrected chi connectivity index (χ4v) is 10.2. The summed E-state index contributed by atoms with van der Waals surface area (Å²) < 4.78 is 93.6. The van der Waals surface area contributed by atoms with Gasteiger partial charge in [0.15, 0.2) is 17.3 Å². The number of carbonyl (C=O) groups is 15. The molecule has 42 heteroatoms. The minimum Gasteiger partial charge on any atom is -0.490 e. The molecule has 0 aromatic heterocycles. The number of aliphatic hydroxyl groups is 3. The zero-order valence-electron chi connectivity index (χ0n) is 77.6. The Kier molecular flexibility index (Phi) is 67.5. The second-order valence-corrected chi connectivity index (χ2v) is 30.1. The molecule has 0 saturated carbocycles. The lowest BCUT2D eigenvalue weighted by molar-refractivity contribution is -0.148. The molecule has 0 unspecified atom stereocenters. The van der Waals surface area contributed by atoms with Gasteiger partial charge >= 0.3 is 35.8 Å². The maximum absolute atomic E-state index is 12.0. The highest BCUT2D eigenvalue weighted by Gasteiger charge is 2.28. The number of methoxy groups -OCH3 is 3. The zero-order valence-corrected chi connectivity index (χ0v) is 77.6. The van der Waals surface area contributed by atoms with Crippen molar-refractivity contribution in [1.29, 1.82) is 0 Å². The van der Waals surface area contributed by atoms with Crippen molar-refractivity contribution in [3.8, 4) is 17.2 Å². The van der Waals surface area contributed by atoms with Crippen LogP contribution < -0.4 is 46.1 Å². The Morgan fingerprint density at radius 1 is 0.227 bits per heavy atom. The third-order valence-electron chi connectivity index (χ3n) is 16.7. The molecular weight excluding hydrogens is 1740 g/mol. The summed E-state index contributed by atoms with van der Waals surface area (Å²) in [5.74, 6) is -7.68. The van der Waals surface area contributed by atoms with Gasteiger partial charge in [-0.2, -0.15) is 0 Å². The third kappa shape index (κ3) is 67.4. The lowest BCUT2D eigenvalue weighted by Crippen LogP contribution is -2.36. The molecule has 42 nitrogen and oxygen atoms in total. The normalized spacial score (nSPS) is 11.0. The molecule has 0 spiro atoms. The van der Waals surface area contributed by atoms with E-state index in [-0.39, 0.29) is 98.7 Å². The lowest BCUT2D eigenvalue weighted by Gasteiger charge is -2.15. The van der Waals surface area contributed by atoms with Gasteiger partial charge in [-0.3, -0.25) is 71.9 Å². The molecule has 0 saturated heterocycles. The van der Waals surface area contributed by atoms with E-state index in [0.717, 1.165) is 38.5 Å². The first-order chi connectivity index (χ1) is 63.1. The van der Waals surface area contributed by atoms with Gasteiger partial charge in [0.2, 0.25) is 35.4 Å². The molecule has 0 aliphatic rings. The number of hydrogen-bond acceptors (Lipinski definition) is 36. The lowest BCUT2D eigenvalue weighted by atomic mass is 9.97. The summed E-state index contributed by atoms with van der Waals surface area (Å²) >= 11 is 0. The van der Waals surface area contributed by atoms with Gasteiger partial charge in [0.25, 0.3) is 0 Å². The highest BCUT2D eigenvalue weighted by molar-refractivity contribution is 6.03. The van der Waals surface area contributed by atoms with E-state index in [1.165, 1.54) is 77.9 Å². The quantitative estimate of drug-likeness (QED) is 0.0129. The largest absolute Gasteiger partial charge is 0.490 e. The first-order valence-electron chi connectivity index (χ1n) is 43.6. The van der Waals surface area contributed by atoms with Crippen LogP contribution in [0.3, 0.4) is 0 Å². The standard InChI is InChI=1S/C32H40N2O12.C30H46N2O12.C28H52N2O12/c1-31(2,41)29(39)21-5-9-23(10-6-21)43-15-17-45-27(37)19-25(35)33-13-14-34-26(36)20-28(38)46-18-16-44-24-11-7-22(8-12-24)30(40)32(3,4)42;1-30(2,38)29(37)23-7-9-24(10-8-23)42-19-20-44-28(36)22-26(34)32-12-11-31-25(33)21-27(35)43-18-6-17-41-16-5-15-40-14-4-13-39-3;1-35-11-3-13-37-15-5-17-39-19-7-21-41-27(33)23-25(31)29-9-10-30-26(32)24-28(34)42-22-8-20-40-18-6-16-38-14-4-12-36-2/h5-12,41-42H,13-20H2,1-4H3,(H,33,35)(H,34,36);7-10,38H,4-6,11-22H2,1-3H3,(H,31,33)(H,32,34);3-24H2,1-2H3,(H,29,31)(H,30,32). The molecule has 0 radical (unpaired) electrons. The fourth-order valence-electron chi connectivity index (χ4n) is 10.2. The molecule has 0 atom stereocenters. The summed E-state index contributed by atoms with van der Waals surface area (Å²) in [6.45, 7) is 17.7. The molecule has 3 aromatic rings. The Balaban J connectivity index is 0.000000991. The van der Waals surface area contributed by atoms with Gasteiger partial charge < -0.3 is 132 Å². The Morgan fingerprint density at radius 2 is 0.386 bits per heavy atom. The topological polar surface area (TPSA) is 555 Å². The van der Waals surface area contributed by atoms with Crippen LogP contribution in [0, 0.1) is 0 Å². The summed E-state index contributed by atoms with van der Waals surface area (Å²) in [7, 11) is 4.96. The Bertz CT molecular complexity index is 3630. The van der Waals surface area contributed by atoms with Crippen molar-refractivity contribution >= 4 is 88.6 Å². The van der Waals surface area contributed by atoms with Crippen LogP contribution in [-0.2, 0) is 129 Å². The van der Waals surface area contributed by atoms with Crippen molar-refractivity contribution < 1.29 is 173 Å². The van der Waals surface area contributed by atoms with Crippen molar-refractivity contribution in [2.24, 2.45) is 0 Å². The van der Waals surface area contributed by atoms with Crippen molar-refractivity contribution in [3.05, 3.63) is 89.5 Å². The minimum absolute atomic E-state index is 0.00937. The first-order valence-corrected chi connectivity index (χ1v) is 43.6. The molecule has 132 heavy (non-hydrogen) atoms. The molecule has 3 aromatic carbocycles. The number of rotatable bonds is 75. The average Bonchev–Trinajstić information content (AvgIpc) is 0.857. The maximum Gasteiger partial charge on any atom is 0.315 e. The monoisotopic (exact) mass is 1880 g/mol. The molecule has 6 amide bonds. The number of carbonyl (C=O) groups excluding carboxylic acids is 15. The van der Waals surface area contributed by atoms with Crippen LogP contribution in [0.15, 0.2) is 72.8 Å². The minimum atomic E-state index is -1.49. The van der Waals surface area contributed by atoms with Crippen molar-refractivity contribution in [2.75, 3.05) is 219 Å².